The van der Waals surface area contributed by atoms with E-state index < -0.39 is 4.92 Å². The highest BCUT2D eigenvalue weighted by molar-refractivity contribution is 14.1. The second-order valence-electron chi connectivity index (χ2n) is 4.90. The van der Waals surface area contributed by atoms with Crippen LogP contribution in [-0.4, -0.2) is 24.9 Å². The largest absolute Gasteiger partial charge is 0.492 e. The van der Waals surface area contributed by atoms with Crippen LogP contribution in [0.5, 0.6) is 11.5 Å². The first-order valence-electron chi connectivity index (χ1n) is 7.44. The van der Waals surface area contributed by atoms with Crippen LogP contribution in [0.1, 0.15) is 18.1 Å². The van der Waals surface area contributed by atoms with Crippen LogP contribution in [0, 0.1) is 13.7 Å². The summed E-state index contributed by atoms with van der Waals surface area (Å²) in [4.78, 5) is 15.5. The molecule has 0 spiro atoms. The number of oxime groups is 1. The number of non-ortho nitro benzene ring substituents is 1. The van der Waals surface area contributed by atoms with Crippen molar-refractivity contribution in [1.82, 2.24) is 0 Å². The Hall–Kier alpha value is -2.36. The number of ether oxygens (including phenoxy) is 2. The number of hydrogen-bond acceptors (Lipinski definition) is 6. The van der Waals surface area contributed by atoms with E-state index in [2.05, 4.69) is 27.7 Å². The molecule has 0 saturated heterocycles. The number of benzene rings is 2. The molecular formula is C17H17IN2O5. The van der Waals surface area contributed by atoms with Crippen molar-refractivity contribution in [2.75, 3.05) is 13.7 Å². The molecular weight excluding hydrogens is 439 g/mol. The Bertz CT molecular complexity index is 780. The minimum absolute atomic E-state index is 0.0242. The van der Waals surface area contributed by atoms with Gasteiger partial charge in [0.1, 0.15) is 6.61 Å². The molecule has 0 unspecified atom stereocenters. The Balaban J connectivity index is 2.04. The molecule has 0 aromatic heterocycles. The van der Waals surface area contributed by atoms with Crippen molar-refractivity contribution in [2.45, 2.75) is 13.5 Å². The van der Waals surface area contributed by atoms with Gasteiger partial charge in [0.05, 0.1) is 28.4 Å². The van der Waals surface area contributed by atoms with E-state index >= 15 is 0 Å². The highest BCUT2D eigenvalue weighted by Crippen LogP contribution is 2.33. The molecule has 0 heterocycles. The molecule has 8 heteroatoms. The van der Waals surface area contributed by atoms with Gasteiger partial charge in [-0.3, -0.25) is 10.1 Å². The van der Waals surface area contributed by atoms with E-state index in [4.69, 9.17) is 14.3 Å². The molecule has 0 fully saturated rings. The average molecular weight is 456 g/mol. The number of nitro groups is 1. The molecule has 7 nitrogen and oxygen atoms in total. The first-order chi connectivity index (χ1) is 12.0. The van der Waals surface area contributed by atoms with E-state index in [-0.39, 0.29) is 12.3 Å². The van der Waals surface area contributed by atoms with Crippen LogP contribution >= 0.6 is 22.6 Å². The zero-order valence-electron chi connectivity index (χ0n) is 13.8. The summed E-state index contributed by atoms with van der Waals surface area (Å²) in [7, 11) is 1.59. The Labute approximate surface area is 158 Å². The summed E-state index contributed by atoms with van der Waals surface area (Å²) < 4.78 is 11.8. The predicted octanol–water partition coefficient (Wildman–Crippen LogP) is 4.16. The Morgan fingerprint density at radius 2 is 2.12 bits per heavy atom. The minimum Gasteiger partial charge on any atom is -0.492 e. The van der Waals surface area contributed by atoms with Crippen molar-refractivity contribution in [3.8, 4) is 11.5 Å². The van der Waals surface area contributed by atoms with E-state index in [1.165, 1.54) is 12.1 Å². The molecule has 0 amide bonds. The number of rotatable bonds is 8. The van der Waals surface area contributed by atoms with Crippen LogP contribution in [-0.2, 0) is 11.4 Å². The standard InChI is InChI=1S/C17H17IN2O5/c1-3-24-16-9-13(8-15(18)17(16)23-2)10-19-25-11-12-5-4-6-14(7-12)20(21)22/h4-10H,3,11H2,1-2H3/b19-10-. The predicted molar refractivity (Wildman–Crippen MR) is 102 cm³/mol. The summed E-state index contributed by atoms with van der Waals surface area (Å²) in [5, 5.41) is 14.7. The number of nitrogens with zero attached hydrogens (tertiary/aromatic N) is 2. The van der Waals surface area contributed by atoms with Gasteiger partial charge >= 0.3 is 0 Å². The number of halogens is 1. The second kappa shape index (κ2) is 9.21. The van der Waals surface area contributed by atoms with Crippen LogP contribution in [0.4, 0.5) is 5.69 Å². The van der Waals surface area contributed by atoms with Gasteiger partial charge in [0, 0.05) is 17.7 Å². The summed E-state index contributed by atoms with van der Waals surface area (Å²) in [5.74, 6) is 1.31. The first-order valence-corrected chi connectivity index (χ1v) is 8.52. The first kappa shape index (κ1) is 19.0. The normalized spacial score (nSPS) is 10.7. The molecule has 2 rings (SSSR count). The Morgan fingerprint density at radius 1 is 1.32 bits per heavy atom. The van der Waals surface area contributed by atoms with Crippen molar-refractivity contribution >= 4 is 34.5 Å². The third kappa shape index (κ3) is 5.31. The van der Waals surface area contributed by atoms with Crippen LogP contribution in [0.15, 0.2) is 41.6 Å². The quantitative estimate of drug-likeness (QED) is 0.258. The zero-order valence-corrected chi connectivity index (χ0v) is 15.9. The van der Waals surface area contributed by atoms with Crippen molar-refractivity contribution in [2.24, 2.45) is 5.16 Å². The molecule has 0 saturated carbocycles. The van der Waals surface area contributed by atoms with Gasteiger partial charge in [-0.25, -0.2) is 0 Å². The third-order valence-electron chi connectivity index (χ3n) is 3.16. The van der Waals surface area contributed by atoms with Crippen molar-refractivity contribution in [3.63, 3.8) is 0 Å². The topological polar surface area (TPSA) is 83.2 Å². The maximum Gasteiger partial charge on any atom is 0.269 e. The molecule has 132 valence electrons. The van der Waals surface area contributed by atoms with Gasteiger partial charge in [0.15, 0.2) is 11.5 Å². The summed E-state index contributed by atoms with van der Waals surface area (Å²) in [6.45, 7) is 2.56. The molecule has 0 atom stereocenters. The van der Waals surface area contributed by atoms with Crippen LogP contribution in [0.3, 0.4) is 0 Å². The third-order valence-corrected chi connectivity index (χ3v) is 3.97. The van der Waals surface area contributed by atoms with Gasteiger partial charge in [0.25, 0.3) is 5.69 Å². The SMILES string of the molecule is CCOc1cc(/C=N\OCc2cccc([N+](=O)[O-])c2)cc(I)c1OC. The maximum atomic E-state index is 10.7. The number of methoxy groups -OCH3 is 1. The lowest BCUT2D eigenvalue weighted by Gasteiger charge is -2.11. The summed E-state index contributed by atoms with van der Waals surface area (Å²) in [6, 6.07) is 9.94. The molecule has 0 aliphatic heterocycles. The number of nitro benzene ring substituents is 1. The van der Waals surface area contributed by atoms with Crippen LogP contribution in [0.25, 0.3) is 0 Å². The fraction of sp³-hybridized carbons (Fsp3) is 0.235. The lowest BCUT2D eigenvalue weighted by molar-refractivity contribution is -0.384. The Kier molecular flexibility index (Phi) is 6.99. The van der Waals surface area contributed by atoms with E-state index in [1.54, 1.807) is 25.5 Å². The van der Waals surface area contributed by atoms with Gasteiger partial charge in [0.2, 0.25) is 0 Å². The van der Waals surface area contributed by atoms with Gasteiger partial charge in [-0.2, -0.15) is 0 Å². The van der Waals surface area contributed by atoms with Gasteiger partial charge in [-0.1, -0.05) is 17.3 Å². The highest BCUT2D eigenvalue weighted by Gasteiger charge is 2.10. The fourth-order valence-electron chi connectivity index (χ4n) is 2.09. The smallest absolute Gasteiger partial charge is 0.269 e. The lowest BCUT2D eigenvalue weighted by Crippen LogP contribution is -1.99. The van der Waals surface area contributed by atoms with E-state index in [0.717, 1.165) is 9.13 Å². The average Bonchev–Trinajstić information content (AvgIpc) is 2.59. The second-order valence-corrected chi connectivity index (χ2v) is 6.06. The highest BCUT2D eigenvalue weighted by atomic mass is 127. The molecule has 2 aromatic rings. The Morgan fingerprint density at radius 3 is 2.80 bits per heavy atom. The fourth-order valence-corrected chi connectivity index (χ4v) is 2.94. The van der Waals surface area contributed by atoms with Gasteiger partial charge in [-0.15, -0.1) is 0 Å². The van der Waals surface area contributed by atoms with E-state index in [0.29, 0.717) is 23.7 Å². The van der Waals surface area contributed by atoms with Crippen molar-refractivity contribution in [3.05, 3.63) is 61.2 Å². The molecule has 0 N–H and O–H groups in total. The molecule has 25 heavy (non-hydrogen) atoms. The maximum absolute atomic E-state index is 10.7. The zero-order chi connectivity index (χ0) is 18.2. The molecule has 0 aliphatic carbocycles. The summed E-state index contributed by atoms with van der Waals surface area (Å²) in [6.07, 6.45) is 1.56. The van der Waals surface area contributed by atoms with Crippen molar-refractivity contribution < 1.29 is 19.2 Å². The van der Waals surface area contributed by atoms with E-state index in [1.807, 2.05) is 19.1 Å². The summed E-state index contributed by atoms with van der Waals surface area (Å²) >= 11 is 2.16. The van der Waals surface area contributed by atoms with Crippen LogP contribution < -0.4 is 9.47 Å². The van der Waals surface area contributed by atoms with E-state index in [9.17, 15) is 10.1 Å². The van der Waals surface area contributed by atoms with Crippen molar-refractivity contribution in [1.29, 1.82) is 0 Å². The lowest BCUT2D eigenvalue weighted by atomic mass is 10.2. The molecule has 2 aromatic carbocycles. The minimum atomic E-state index is -0.443. The molecule has 0 radical (unpaired) electrons. The van der Waals surface area contributed by atoms with Gasteiger partial charge < -0.3 is 14.3 Å². The van der Waals surface area contributed by atoms with Crippen LogP contribution in [0.2, 0.25) is 0 Å². The summed E-state index contributed by atoms with van der Waals surface area (Å²) in [5.41, 5.74) is 1.49. The molecule has 0 aliphatic rings. The molecule has 0 bridgehead atoms. The monoisotopic (exact) mass is 456 g/mol. The number of hydrogen-bond donors (Lipinski definition) is 0. The van der Waals surface area contributed by atoms with Gasteiger partial charge in [-0.05, 0) is 47.2 Å².